The molecule has 0 aliphatic carbocycles. The highest BCUT2D eigenvalue weighted by molar-refractivity contribution is 7.20. The van der Waals surface area contributed by atoms with Gasteiger partial charge in [0.05, 0.1) is 22.3 Å². The zero-order valence-electron chi connectivity index (χ0n) is 7.65. The first kappa shape index (κ1) is 10.2. The van der Waals surface area contributed by atoms with Crippen molar-refractivity contribution < 1.29 is 14.6 Å². The van der Waals surface area contributed by atoms with Gasteiger partial charge in [0.2, 0.25) is 5.01 Å². The third-order valence-corrected chi connectivity index (χ3v) is 3.15. The molecule has 6 heteroatoms. The van der Waals surface area contributed by atoms with Gasteiger partial charge in [0.15, 0.2) is 0 Å². The van der Waals surface area contributed by atoms with E-state index in [1.165, 1.54) is 7.11 Å². The van der Waals surface area contributed by atoms with Crippen LogP contribution in [0.1, 0.15) is 9.80 Å². The van der Waals surface area contributed by atoms with Gasteiger partial charge in [0.1, 0.15) is 5.75 Å². The zero-order chi connectivity index (χ0) is 11.0. The van der Waals surface area contributed by atoms with Gasteiger partial charge >= 0.3 is 5.97 Å². The van der Waals surface area contributed by atoms with Crippen molar-refractivity contribution in [1.29, 1.82) is 0 Å². The molecule has 0 saturated heterocycles. The Hall–Kier alpha value is -1.33. The molecule has 2 rings (SSSR count). The SMILES string of the molecule is COc1cc2sc(C(=O)O)nc2cc1Cl. The van der Waals surface area contributed by atoms with Gasteiger partial charge in [-0.3, -0.25) is 0 Å². The van der Waals surface area contributed by atoms with E-state index < -0.39 is 5.97 Å². The number of nitrogens with zero attached hydrogens (tertiary/aromatic N) is 1. The minimum absolute atomic E-state index is 0.0503. The van der Waals surface area contributed by atoms with Crippen molar-refractivity contribution in [3.05, 3.63) is 22.2 Å². The summed E-state index contributed by atoms with van der Waals surface area (Å²) >= 11 is 6.98. The quantitative estimate of drug-likeness (QED) is 0.881. The molecule has 0 bridgehead atoms. The van der Waals surface area contributed by atoms with Crippen molar-refractivity contribution in [1.82, 2.24) is 4.98 Å². The lowest BCUT2D eigenvalue weighted by atomic mass is 10.3. The van der Waals surface area contributed by atoms with Crippen molar-refractivity contribution in [3.8, 4) is 5.75 Å². The van der Waals surface area contributed by atoms with Crippen molar-refractivity contribution in [2.45, 2.75) is 0 Å². The fourth-order valence-corrected chi connectivity index (χ4v) is 2.23. The number of carboxylic acid groups (broad SMARTS) is 1. The van der Waals surface area contributed by atoms with Crippen LogP contribution < -0.4 is 4.74 Å². The summed E-state index contributed by atoms with van der Waals surface area (Å²) in [5.41, 5.74) is 0.572. The highest BCUT2D eigenvalue weighted by atomic mass is 35.5. The van der Waals surface area contributed by atoms with Gasteiger partial charge in [-0.15, -0.1) is 11.3 Å². The standard InChI is InChI=1S/C9H6ClNO3S/c1-14-6-3-7-5(2-4(6)10)11-8(15-7)9(12)13/h2-3H,1H3,(H,12,13). The van der Waals surface area contributed by atoms with E-state index in [9.17, 15) is 4.79 Å². The van der Waals surface area contributed by atoms with Crippen LogP contribution in [0, 0.1) is 0 Å². The first-order valence-electron chi connectivity index (χ1n) is 3.99. The maximum Gasteiger partial charge on any atom is 0.365 e. The normalized spacial score (nSPS) is 10.5. The zero-order valence-corrected chi connectivity index (χ0v) is 9.22. The van der Waals surface area contributed by atoms with Gasteiger partial charge in [-0.05, 0) is 6.07 Å². The van der Waals surface area contributed by atoms with E-state index in [1.807, 2.05) is 0 Å². The summed E-state index contributed by atoms with van der Waals surface area (Å²) in [5, 5.41) is 9.24. The smallest absolute Gasteiger partial charge is 0.365 e. The first-order valence-corrected chi connectivity index (χ1v) is 5.18. The molecule has 0 aliphatic heterocycles. The number of ether oxygens (including phenoxy) is 1. The highest BCUT2D eigenvalue weighted by Crippen LogP contribution is 2.32. The summed E-state index contributed by atoms with van der Waals surface area (Å²) in [6.45, 7) is 0. The number of carbonyl (C=O) groups is 1. The van der Waals surface area contributed by atoms with Gasteiger partial charge < -0.3 is 9.84 Å². The topological polar surface area (TPSA) is 59.4 Å². The maximum atomic E-state index is 10.7. The van der Waals surface area contributed by atoms with Crippen LogP contribution in [0.3, 0.4) is 0 Å². The molecule has 1 aromatic heterocycles. The molecule has 15 heavy (non-hydrogen) atoms. The predicted molar refractivity (Wildman–Crippen MR) is 58.1 cm³/mol. The number of hydrogen-bond donors (Lipinski definition) is 1. The lowest BCUT2D eigenvalue weighted by Crippen LogP contribution is -1.93. The highest BCUT2D eigenvalue weighted by Gasteiger charge is 2.12. The van der Waals surface area contributed by atoms with Crippen LogP contribution in [0.15, 0.2) is 12.1 Å². The first-order chi connectivity index (χ1) is 7.11. The van der Waals surface area contributed by atoms with Crippen molar-refractivity contribution >= 4 is 39.1 Å². The number of aromatic carboxylic acids is 1. The van der Waals surface area contributed by atoms with E-state index in [4.69, 9.17) is 21.4 Å². The number of halogens is 1. The van der Waals surface area contributed by atoms with Crippen molar-refractivity contribution in [2.24, 2.45) is 0 Å². The van der Waals surface area contributed by atoms with Crippen molar-refractivity contribution in [2.75, 3.05) is 7.11 Å². The molecule has 0 atom stereocenters. The maximum absolute atomic E-state index is 10.7. The summed E-state index contributed by atoms with van der Waals surface area (Å²) in [5.74, 6) is -0.518. The van der Waals surface area contributed by atoms with Crippen LogP contribution >= 0.6 is 22.9 Å². The summed E-state index contributed by atoms with van der Waals surface area (Å²) in [6, 6.07) is 3.28. The number of carboxylic acids is 1. The predicted octanol–water partition coefficient (Wildman–Crippen LogP) is 2.66. The molecule has 0 amide bonds. The van der Waals surface area contributed by atoms with Gasteiger partial charge in [-0.25, -0.2) is 9.78 Å². The lowest BCUT2D eigenvalue weighted by molar-refractivity contribution is 0.0696. The monoisotopic (exact) mass is 243 g/mol. The molecule has 0 spiro atoms. The number of benzene rings is 1. The number of thiazole rings is 1. The van der Waals surface area contributed by atoms with Crippen LogP contribution in [-0.2, 0) is 0 Å². The average Bonchev–Trinajstić information content (AvgIpc) is 2.59. The second-order valence-corrected chi connectivity index (χ2v) is 4.22. The molecular weight excluding hydrogens is 238 g/mol. The van der Waals surface area contributed by atoms with Crippen LogP contribution in [0.25, 0.3) is 10.2 Å². The number of rotatable bonds is 2. The van der Waals surface area contributed by atoms with Gasteiger partial charge in [0, 0.05) is 6.07 Å². The van der Waals surface area contributed by atoms with E-state index in [0.717, 1.165) is 16.0 Å². The Bertz CT molecular complexity index is 537. The van der Waals surface area contributed by atoms with E-state index in [1.54, 1.807) is 12.1 Å². The summed E-state index contributed by atoms with van der Waals surface area (Å²) in [6.07, 6.45) is 0. The van der Waals surface area contributed by atoms with Gasteiger partial charge in [-0.1, -0.05) is 11.6 Å². The van der Waals surface area contributed by atoms with E-state index in [0.29, 0.717) is 16.3 Å². The minimum atomic E-state index is -1.04. The largest absolute Gasteiger partial charge is 0.495 e. The molecule has 0 saturated carbocycles. The van der Waals surface area contributed by atoms with Crippen LogP contribution in [-0.4, -0.2) is 23.2 Å². The molecule has 1 aromatic carbocycles. The third-order valence-electron chi connectivity index (χ3n) is 1.84. The van der Waals surface area contributed by atoms with E-state index in [2.05, 4.69) is 4.98 Å². The molecule has 4 nitrogen and oxygen atoms in total. The van der Waals surface area contributed by atoms with Gasteiger partial charge in [-0.2, -0.15) is 0 Å². The summed E-state index contributed by atoms with van der Waals surface area (Å²) < 4.78 is 5.77. The fraction of sp³-hybridized carbons (Fsp3) is 0.111. The molecule has 0 fully saturated rings. The Balaban J connectivity index is 2.66. The fourth-order valence-electron chi connectivity index (χ4n) is 1.18. The molecular formula is C9H6ClNO3S. The van der Waals surface area contributed by atoms with Crippen molar-refractivity contribution in [3.63, 3.8) is 0 Å². The van der Waals surface area contributed by atoms with Crippen LogP contribution in [0.5, 0.6) is 5.75 Å². The summed E-state index contributed by atoms with van der Waals surface area (Å²) in [4.78, 5) is 14.6. The van der Waals surface area contributed by atoms with Crippen LogP contribution in [0.4, 0.5) is 0 Å². The molecule has 0 unspecified atom stereocenters. The molecule has 2 aromatic rings. The Kier molecular flexibility index (Phi) is 2.50. The molecule has 1 N–H and O–H groups in total. The van der Waals surface area contributed by atoms with E-state index in [-0.39, 0.29) is 5.01 Å². The Labute approximate surface area is 94.1 Å². The van der Waals surface area contributed by atoms with Gasteiger partial charge in [0.25, 0.3) is 0 Å². The lowest BCUT2D eigenvalue weighted by Gasteiger charge is -2.00. The number of hydrogen-bond acceptors (Lipinski definition) is 4. The Morgan fingerprint density at radius 3 is 2.93 bits per heavy atom. The molecule has 1 heterocycles. The average molecular weight is 244 g/mol. The Morgan fingerprint density at radius 1 is 1.60 bits per heavy atom. The second kappa shape index (κ2) is 3.67. The van der Waals surface area contributed by atoms with E-state index >= 15 is 0 Å². The summed E-state index contributed by atoms with van der Waals surface area (Å²) in [7, 11) is 1.51. The minimum Gasteiger partial charge on any atom is -0.495 e. The molecule has 0 aliphatic rings. The Morgan fingerprint density at radius 2 is 2.33 bits per heavy atom. The number of aromatic nitrogens is 1. The third kappa shape index (κ3) is 1.75. The number of fused-ring (bicyclic) bond motifs is 1. The van der Waals surface area contributed by atoms with Crippen LogP contribution in [0.2, 0.25) is 5.02 Å². The number of methoxy groups -OCH3 is 1. The molecule has 0 radical (unpaired) electrons. The molecule has 78 valence electrons. The second-order valence-electron chi connectivity index (χ2n) is 2.78.